The molecule has 0 unspecified atom stereocenters. The highest BCUT2D eigenvalue weighted by Crippen LogP contribution is 2.31. The second-order valence-electron chi connectivity index (χ2n) is 4.23. The third-order valence-electron chi connectivity index (χ3n) is 2.85. The van der Waals surface area contributed by atoms with Gasteiger partial charge in [-0.3, -0.25) is 10.1 Å². The summed E-state index contributed by atoms with van der Waals surface area (Å²) < 4.78 is 4.93. The monoisotopic (exact) mass is 299 g/mol. The van der Waals surface area contributed by atoms with Crippen LogP contribution >= 0.6 is 0 Å². The lowest BCUT2D eigenvalue weighted by atomic mass is 10.3. The van der Waals surface area contributed by atoms with E-state index < -0.39 is 4.92 Å². The second kappa shape index (κ2) is 9.03. The topological polar surface area (TPSA) is 114 Å². The lowest BCUT2D eigenvalue weighted by Crippen LogP contribution is -2.28. The first-order valence-corrected chi connectivity index (χ1v) is 6.73. The van der Waals surface area contributed by atoms with Gasteiger partial charge in [-0.25, -0.2) is 9.97 Å². The van der Waals surface area contributed by atoms with Gasteiger partial charge in [0.25, 0.3) is 0 Å². The summed E-state index contributed by atoms with van der Waals surface area (Å²) in [5.41, 5.74) is -0.176. The van der Waals surface area contributed by atoms with Crippen molar-refractivity contribution in [2.24, 2.45) is 0 Å². The maximum Gasteiger partial charge on any atom is 0.353 e. The molecule has 0 aromatic carbocycles. The minimum atomic E-state index is -0.506. The van der Waals surface area contributed by atoms with E-state index in [4.69, 9.17) is 9.84 Å². The van der Waals surface area contributed by atoms with Crippen LogP contribution in [-0.4, -0.2) is 60.0 Å². The highest BCUT2D eigenvalue weighted by Gasteiger charge is 2.26. The van der Waals surface area contributed by atoms with Crippen LogP contribution < -0.4 is 10.2 Å². The molecular formula is C12H21N5O4. The van der Waals surface area contributed by atoms with Crippen molar-refractivity contribution in [3.63, 3.8) is 0 Å². The van der Waals surface area contributed by atoms with Crippen LogP contribution in [0.1, 0.15) is 13.3 Å². The van der Waals surface area contributed by atoms with Crippen LogP contribution in [0.4, 0.5) is 17.3 Å². The molecule has 0 spiro atoms. The van der Waals surface area contributed by atoms with Crippen LogP contribution in [0.3, 0.4) is 0 Å². The quantitative estimate of drug-likeness (QED) is 0.368. The number of hydrogen-bond acceptors (Lipinski definition) is 8. The predicted molar refractivity (Wildman–Crippen MR) is 78.6 cm³/mol. The van der Waals surface area contributed by atoms with Crippen LogP contribution in [0, 0.1) is 10.1 Å². The van der Waals surface area contributed by atoms with E-state index in [0.29, 0.717) is 26.1 Å². The third-order valence-corrected chi connectivity index (χ3v) is 2.85. The number of methoxy groups -OCH3 is 1. The number of ether oxygens (including phenoxy) is 1. The Morgan fingerprint density at radius 1 is 1.52 bits per heavy atom. The number of nitrogens with zero attached hydrogens (tertiary/aromatic N) is 4. The van der Waals surface area contributed by atoms with Crippen LogP contribution in [0.25, 0.3) is 0 Å². The molecule has 0 bridgehead atoms. The van der Waals surface area contributed by atoms with Gasteiger partial charge in [0.15, 0.2) is 0 Å². The van der Waals surface area contributed by atoms with Crippen LogP contribution in [0.5, 0.6) is 0 Å². The highest BCUT2D eigenvalue weighted by atomic mass is 16.6. The van der Waals surface area contributed by atoms with Gasteiger partial charge in [0.05, 0.1) is 11.5 Å². The Hall–Kier alpha value is -2.00. The fraction of sp³-hybridized carbons (Fsp3) is 0.667. The molecule has 0 saturated heterocycles. The number of hydrogen-bond donors (Lipinski definition) is 2. The van der Waals surface area contributed by atoms with Gasteiger partial charge in [0, 0.05) is 33.4 Å². The number of aliphatic hydroxyl groups is 1. The number of nitrogens with one attached hydrogen (secondary N) is 1. The summed E-state index contributed by atoms with van der Waals surface area (Å²) in [6.45, 7) is 3.58. The molecule has 1 rings (SSSR count). The Morgan fingerprint density at radius 3 is 2.86 bits per heavy atom. The largest absolute Gasteiger partial charge is 0.395 e. The minimum Gasteiger partial charge on any atom is -0.395 e. The zero-order chi connectivity index (χ0) is 15.7. The van der Waals surface area contributed by atoms with E-state index in [1.807, 2.05) is 6.92 Å². The molecule has 1 aromatic heterocycles. The number of aliphatic hydroxyl groups excluding tert-OH is 1. The first kappa shape index (κ1) is 17.1. The van der Waals surface area contributed by atoms with Crippen molar-refractivity contribution in [1.82, 2.24) is 9.97 Å². The number of aromatic nitrogens is 2. The van der Waals surface area contributed by atoms with Gasteiger partial charge in [0.1, 0.15) is 6.33 Å². The molecule has 0 saturated carbocycles. The molecule has 0 atom stereocenters. The summed E-state index contributed by atoms with van der Waals surface area (Å²) in [7, 11) is 1.60. The third kappa shape index (κ3) is 4.80. The highest BCUT2D eigenvalue weighted by molar-refractivity contribution is 5.70. The van der Waals surface area contributed by atoms with Gasteiger partial charge in [0.2, 0.25) is 11.6 Å². The first-order valence-electron chi connectivity index (χ1n) is 6.73. The molecule has 0 amide bonds. The van der Waals surface area contributed by atoms with Crippen molar-refractivity contribution in [1.29, 1.82) is 0 Å². The van der Waals surface area contributed by atoms with E-state index >= 15 is 0 Å². The number of anilines is 2. The Bertz CT molecular complexity index is 457. The van der Waals surface area contributed by atoms with Gasteiger partial charge >= 0.3 is 5.69 Å². The summed E-state index contributed by atoms with van der Waals surface area (Å²) in [4.78, 5) is 20.4. The van der Waals surface area contributed by atoms with E-state index in [1.54, 1.807) is 12.0 Å². The van der Waals surface area contributed by atoms with Gasteiger partial charge in [-0.15, -0.1) is 0 Å². The maximum absolute atomic E-state index is 11.3. The van der Waals surface area contributed by atoms with Crippen molar-refractivity contribution in [3.8, 4) is 0 Å². The molecule has 9 nitrogen and oxygen atoms in total. The first-order chi connectivity index (χ1) is 10.2. The van der Waals surface area contributed by atoms with Crippen molar-refractivity contribution >= 4 is 17.3 Å². The van der Waals surface area contributed by atoms with Crippen molar-refractivity contribution in [2.75, 3.05) is 50.2 Å². The minimum absolute atomic E-state index is 0.106. The fourth-order valence-electron chi connectivity index (χ4n) is 1.86. The number of nitro groups is 1. The molecule has 2 N–H and O–H groups in total. The van der Waals surface area contributed by atoms with Crippen molar-refractivity contribution in [3.05, 3.63) is 16.4 Å². The Labute approximate surface area is 123 Å². The summed E-state index contributed by atoms with van der Waals surface area (Å²) >= 11 is 0. The molecule has 0 aliphatic heterocycles. The number of rotatable bonds is 10. The lowest BCUT2D eigenvalue weighted by molar-refractivity contribution is -0.383. The average molecular weight is 299 g/mol. The lowest BCUT2D eigenvalue weighted by Gasteiger charge is -2.20. The molecule has 0 fully saturated rings. The standard InChI is InChI=1S/C12H21N5O4/c1-3-16(6-7-18)12-10(17(19)20)11(14-9-15-12)13-5-4-8-21-2/h9,18H,3-8H2,1-2H3,(H,13,14,15). The smallest absolute Gasteiger partial charge is 0.353 e. The van der Waals surface area contributed by atoms with Gasteiger partial charge in [-0.2, -0.15) is 0 Å². The van der Waals surface area contributed by atoms with Crippen molar-refractivity contribution in [2.45, 2.75) is 13.3 Å². The van der Waals surface area contributed by atoms with E-state index in [9.17, 15) is 10.1 Å². The van der Waals surface area contributed by atoms with E-state index in [0.717, 1.165) is 0 Å². The molecule has 1 heterocycles. The normalized spacial score (nSPS) is 10.4. The molecule has 21 heavy (non-hydrogen) atoms. The zero-order valence-corrected chi connectivity index (χ0v) is 12.3. The number of likely N-dealkylation sites (N-methyl/N-ethyl adjacent to an activating group) is 1. The fourth-order valence-corrected chi connectivity index (χ4v) is 1.86. The predicted octanol–water partition coefficient (Wildman–Crippen LogP) is 0.652. The van der Waals surface area contributed by atoms with Gasteiger partial charge in [-0.05, 0) is 13.3 Å². The van der Waals surface area contributed by atoms with Gasteiger partial charge < -0.3 is 20.1 Å². The SMILES string of the molecule is CCN(CCO)c1ncnc(NCCCOC)c1[N+](=O)[O-]. The molecule has 9 heteroatoms. The maximum atomic E-state index is 11.3. The van der Waals surface area contributed by atoms with Crippen LogP contribution in [-0.2, 0) is 4.74 Å². The van der Waals surface area contributed by atoms with E-state index in [2.05, 4.69) is 15.3 Å². The Kier molecular flexibility index (Phi) is 7.33. The molecular weight excluding hydrogens is 278 g/mol. The molecule has 0 aliphatic carbocycles. The summed E-state index contributed by atoms with van der Waals surface area (Å²) in [5, 5.41) is 23.3. The molecule has 1 aromatic rings. The van der Waals surface area contributed by atoms with Crippen molar-refractivity contribution < 1.29 is 14.8 Å². The summed E-state index contributed by atoms with van der Waals surface area (Å²) in [6.07, 6.45) is 1.99. The second-order valence-corrected chi connectivity index (χ2v) is 4.23. The molecule has 0 aliphatic rings. The van der Waals surface area contributed by atoms with E-state index in [1.165, 1.54) is 6.33 Å². The molecule has 0 radical (unpaired) electrons. The van der Waals surface area contributed by atoms with Crippen LogP contribution in [0.2, 0.25) is 0 Å². The summed E-state index contributed by atoms with van der Waals surface area (Å²) in [6, 6.07) is 0. The average Bonchev–Trinajstić information content (AvgIpc) is 2.48. The Balaban J connectivity index is 3.00. The van der Waals surface area contributed by atoms with Gasteiger partial charge in [-0.1, -0.05) is 0 Å². The zero-order valence-electron chi connectivity index (χ0n) is 12.3. The Morgan fingerprint density at radius 2 is 2.29 bits per heavy atom. The molecule has 118 valence electrons. The van der Waals surface area contributed by atoms with E-state index in [-0.39, 0.29) is 30.5 Å². The summed E-state index contributed by atoms with van der Waals surface area (Å²) in [5.74, 6) is 0.387. The van der Waals surface area contributed by atoms with Crippen LogP contribution in [0.15, 0.2) is 6.33 Å².